The van der Waals surface area contributed by atoms with Crippen molar-refractivity contribution in [2.24, 2.45) is 7.05 Å². The Labute approximate surface area is 146 Å². The van der Waals surface area contributed by atoms with Gasteiger partial charge in [0.2, 0.25) is 5.91 Å². The Morgan fingerprint density at radius 1 is 1.20 bits per heavy atom. The molecule has 0 fully saturated rings. The van der Waals surface area contributed by atoms with E-state index in [2.05, 4.69) is 10.3 Å². The number of aryl methyl sites for hydroxylation is 1. The van der Waals surface area contributed by atoms with Gasteiger partial charge in [0.15, 0.2) is 11.0 Å². The molecule has 0 radical (unpaired) electrons. The van der Waals surface area contributed by atoms with Gasteiger partial charge < -0.3 is 5.32 Å². The number of hydrogen-bond donors (Lipinski definition) is 2. The molecule has 1 heterocycles. The van der Waals surface area contributed by atoms with Crippen LogP contribution in [0.1, 0.15) is 5.56 Å². The van der Waals surface area contributed by atoms with Crippen LogP contribution in [0.15, 0.2) is 53.7 Å². The van der Waals surface area contributed by atoms with Crippen molar-refractivity contribution in [3.8, 4) is 0 Å². The van der Waals surface area contributed by atoms with Gasteiger partial charge in [-0.3, -0.25) is 4.79 Å². The van der Waals surface area contributed by atoms with Gasteiger partial charge in [0.05, 0.1) is 18.4 Å². The summed E-state index contributed by atoms with van der Waals surface area (Å²) >= 11 is 1.28. The lowest BCUT2D eigenvalue weighted by molar-refractivity contribution is -0.683. The lowest BCUT2D eigenvalue weighted by atomic mass is 10.2. The third-order valence-electron chi connectivity index (χ3n) is 3.63. The maximum Gasteiger partial charge on any atom is 0.416 e. The third-order valence-corrected chi connectivity index (χ3v) is 4.68. The molecule has 0 bridgehead atoms. The molecule has 0 saturated carbocycles. The Morgan fingerprint density at radius 2 is 1.96 bits per heavy atom. The highest BCUT2D eigenvalue weighted by Gasteiger charge is 2.30. The van der Waals surface area contributed by atoms with Crippen LogP contribution >= 0.6 is 11.8 Å². The molecule has 3 aromatic rings. The van der Waals surface area contributed by atoms with Gasteiger partial charge in [0, 0.05) is 5.69 Å². The maximum atomic E-state index is 12.7. The van der Waals surface area contributed by atoms with E-state index in [1.54, 1.807) is 0 Å². The molecule has 0 spiro atoms. The average molecular weight is 366 g/mol. The van der Waals surface area contributed by atoms with E-state index in [9.17, 15) is 18.0 Å². The standard InChI is InChI=1S/C17H14F3N3OS/c1-23-14-8-3-2-7-13(14)22-16(23)25-10-15(24)21-12-6-4-5-11(9-12)17(18,19)20/h2-9H,10H2,1H3,(H,21,24)/p+1. The highest BCUT2D eigenvalue weighted by Crippen LogP contribution is 2.30. The molecule has 8 heteroatoms. The van der Waals surface area contributed by atoms with Crippen molar-refractivity contribution in [3.05, 3.63) is 54.1 Å². The van der Waals surface area contributed by atoms with Crippen molar-refractivity contribution in [2.45, 2.75) is 11.3 Å². The SMILES string of the molecule is C[n+]1c(SCC(=O)Nc2cccc(C(F)(F)F)c2)[nH]c2ccccc21. The molecule has 0 aliphatic rings. The molecule has 130 valence electrons. The van der Waals surface area contributed by atoms with Crippen molar-refractivity contribution in [2.75, 3.05) is 11.1 Å². The van der Waals surface area contributed by atoms with Gasteiger partial charge in [-0.1, -0.05) is 18.2 Å². The number of carbonyl (C=O) groups is 1. The molecule has 0 aliphatic carbocycles. The van der Waals surface area contributed by atoms with Crippen LogP contribution in [0.5, 0.6) is 0 Å². The summed E-state index contributed by atoms with van der Waals surface area (Å²) in [4.78, 5) is 15.2. The molecular weight excluding hydrogens is 351 g/mol. The number of amides is 1. The number of aromatic amines is 1. The van der Waals surface area contributed by atoms with E-state index >= 15 is 0 Å². The second-order valence-electron chi connectivity index (χ2n) is 5.42. The fourth-order valence-corrected chi connectivity index (χ4v) is 3.23. The highest BCUT2D eigenvalue weighted by molar-refractivity contribution is 7.99. The highest BCUT2D eigenvalue weighted by atomic mass is 32.2. The first-order valence-corrected chi connectivity index (χ1v) is 8.40. The van der Waals surface area contributed by atoms with Crippen molar-refractivity contribution in [3.63, 3.8) is 0 Å². The molecule has 2 aromatic carbocycles. The molecule has 0 unspecified atom stereocenters. The number of rotatable bonds is 4. The summed E-state index contributed by atoms with van der Waals surface area (Å²) in [6.07, 6.45) is -4.44. The average Bonchev–Trinajstić information content (AvgIpc) is 2.89. The summed E-state index contributed by atoms with van der Waals surface area (Å²) in [6, 6.07) is 12.3. The number of benzene rings is 2. The van der Waals surface area contributed by atoms with Gasteiger partial charge in [-0.2, -0.15) is 13.2 Å². The van der Waals surface area contributed by atoms with Gasteiger partial charge in [0.25, 0.3) is 0 Å². The van der Waals surface area contributed by atoms with Gasteiger partial charge in [0.1, 0.15) is 0 Å². The lowest BCUT2D eigenvalue weighted by Gasteiger charge is -2.09. The number of alkyl halides is 3. The number of carbonyl (C=O) groups excluding carboxylic acids is 1. The van der Waals surface area contributed by atoms with Crippen LogP contribution in [0.4, 0.5) is 18.9 Å². The quantitative estimate of drug-likeness (QED) is 0.546. The Kier molecular flexibility index (Phi) is 4.71. The first-order valence-electron chi connectivity index (χ1n) is 7.41. The van der Waals surface area contributed by atoms with E-state index in [0.29, 0.717) is 0 Å². The number of imidazole rings is 1. The van der Waals surface area contributed by atoms with Crippen LogP contribution < -0.4 is 9.88 Å². The van der Waals surface area contributed by atoms with E-state index in [1.807, 2.05) is 35.9 Å². The summed E-state index contributed by atoms with van der Waals surface area (Å²) in [5, 5.41) is 3.29. The summed E-state index contributed by atoms with van der Waals surface area (Å²) in [7, 11) is 1.88. The van der Waals surface area contributed by atoms with Crippen molar-refractivity contribution < 1.29 is 22.5 Å². The first-order chi connectivity index (χ1) is 11.8. The van der Waals surface area contributed by atoms with Gasteiger partial charge >= 0.3 is 11.3 Å². The molecule has 2 N–H and O–H groups in total. The number of fused-ring (bicyclic) bond motifs is 1. The van der Waals surface area contributed by atoms with Crippen LogP contribution in [-0.4, -0.2) is 16.6 Å². The van der Waals surface area contributed by atoms with E-state index in [-0.39, 0.29) is 17.3 Å². The minimum absolute atomic E-state index is 0.0803. The lowest BCUT2D eigenvalue weighted by Crippen LogP contribution is -2.29. The zero-order valence-corrected chi connectivity index (χ0v) is 14.0. The summed E-state index contributed by atoms with van der Waals surface area (Å²) in [5.41, 5.74) is 1.29. The van der Waals surface area contributed by atoms with Crippen molar-refractivity contribution in [1.82, 2.24) is 4.98 Å². The van der Waals surface area contributed by atoms with Crippen molar-refractivity contribution in [1.29, 1.82) is 0 Å². The Balaban J connectivity index is 1.66. The zero-order valence-electron chi connectivity index (χ0n) is 13.2. The second kappa shape index (κ2) is 6.79. The second-order valence-corrected chi connectivity index (χ2v) is 6.39. The topological polar surface area (TPSA) is 48.8 Å². The number of halogens is 3. The minimum Gasteiger partial charge on any atom is -0.325 e. The number of H-pyrrole nitrogens is 1. The normalized spacial score (nSPS) is 11.7. The van der Waals surface area contributed by atoms with Crippen molar-refractivity contribution >= 4 is 34.4 Å². The third kappa shape index (κ3) is 3.96. The van der Waals surface area contributed by atoms with E-state index in [1.165, 1.54) is 23.9 Å². The summed E-state index contributed by atoms with van der Waals surface area (Å²) in [6.45, 7) is 0. The molecule has 1 amide bonds. The van der Waals surface area contributed by atoms with E-state index in [0.717, 1.165) is 28.3 Å². The fourth-order valence-electron chi connectivity index (χ4n) is 2.42. The Hall–Kier alpha value is -2.48. The molecule has 1 aromatic heterocycles. The molecule has 4 nitrogen and oxygen atoms in total. The van der Waals surface area contributed by atoms with Crippen LogP contribution in [0.2, 0.25) is 0 Å². The maximum absolute atomic E-state index is 12.7. The van der Waals surface area contributed by atoms with Gasteiger partial charge in [-0.25, -0.2) is 9.55 Å². The fraction of sp³-hybridized carbons (Fsp3) is 0.176. The molecule has 25 heavy (non-hydrogen) atoms. The molecule has 0 atom stereocenters. The summed E-state index contributed by atoms with van der Waals surface area (Å²) in [5.74, 6) is -0.292. The van der Waals surface area contributed by atoms with Crippen LogP contribution in [0, 0.1) is 0 Å². The predicted molar refractivity (Wildman–Crippen MR) is 90.3 cm³/mol. The van der Waals surface area contributed by atoms with E-state index < -0.39 is 11.7 Å². The smallest absolute Gasteiger partial charge is 0.325 e. The zero-order chi connectivity index (χ0) is 18.0. The van der Waals surface area contributed by atoms with Crippen LogP contribution in [-0.2, 0) is 18.0 Å². The number of nitrogens with zero attached hydrogens (tertiary/aromatic N) is 1. The van der Waals surface area contributed by atoms with Gasteiger partial charge in [-0.05, 0) is 42.1 Å². The van der Waals surface area contributed by atoms with E-state index in [4.69, 9.17) is 0 Å². The Morgan fingerprint density at radius 3 is 2.68 bits per heavy atom. The molecule has 0 saturated heterocycles. The predicted octanol–water partition coefficient (Wildman–Crippen LogP) is 3.74. The summed E-state index contributed by atoms with van der Waals surface area (Å²) < 4.78 is 40.0. The number of hydrogen-bond acceptors (Lipinski definition) is 2. The van der Waals surface area contributed by atoms with Crippen LogP contribution in [0.3, 0.4) is 0 Å². The molecule has 3 rings (SSSR count). The molecule has 0 aliphatic heterocycles. The molecular formula is C17H15F3N3OS+. The van der Waals surface area contributed by atoms with Gasteiger partial charge in [-0.15, -0.1) is 0 Å². The first kappa shape index (κ1) is 17.3. The number of anilines is 1. The monoisotopic (exact) mass is 366 g/mol. The van der Waals surface area contributed by atoms with Crippen LogP contribution in [0.25, 0.3) is 11.0 Å². The number of para-hydroxylation sites is 2. The largest absolute Gasteiger partial charge is 0.416 e. The number of thioether (sulfide) groups is 1. The number of aromatic nitrogens is 2. The number of nitrogens with one attached hydrogen (secondary N) is 2. The minimum atomic E-state index is -4.44. The Bertz CT molecular complexity index is 921.